The van der Waals surface area contributed by atoms with Crippen molar-refractivity contribution in [2.45, 2.75) is 38.1 Å². The molecule has 0 unspecified atom stereocenters. The maximum atomic E-state index is 11.3. The fraction of sp³-hybridized carbons (Fsp3) is 0.400. The molecule has 1 aromatic carbocycles. The minimum Gasteiger partial charge on any atom is -0.439 e. The SMILES string of the molecule is NC(=O)c1cccc(Oc2ccc3c(c2)CCN(C2CCC2)CC3)n1. The minimum atomic E-state index is -0.552. The second kappa shape index (κ2) is 6.84. The second-order valence-electron chi connectivity index (χ2n) is 6.88. The van der Waals surface area contributed by atoms with Gasteiger partial charge in [0.25, 0.3) is 5.91 Å². The number of nitrogens with two attached hydrogens (primary N) is 1. The highest BCUT2D eigenvalue weighted by molar-refractivity contribution is 5.90. The second-order valence-corrected chi connectivity index (χ2v) is 6.88. The molecule has 5 nitrogen and oxygen atoms in total. The average molecular weight is 337 g/mol. The molecule has 2 aliphatic rings. The van der Waals surface area contributed by atoms with Crippen LogP contribution in [0.3, 0.4) is 0 Å². The normalized spacial score (nSPS) is 18.1. The smallest absolute Gasteiger partial charge is 0.267 e. The van der Waals surface area contributed by atoms with Crippen LogP contribution in [0.25, 0.3) is 0 Å². The van der Waals surface area contributed by atoms with Gasteiger partial charge in [-0.15, -0.1) is 0 Å². The van der Waals surface area contributed by atoms with Gasteiger partial charge in [-0.25, -0.2) is 4.98 Å². The summed E-state index contributed by atoms with van der Waals surface area (Å²) < 4.78 is 5.85. The van der Waals surface area contributed by atoms with Crippen molar-refractivity contribution in [3.63, 3.8) is 0 Å². The number of primary amides is 1. The quantitative estimate of drug-likeness (QED) is 0.931. The molecule has 1 aliphatic heterocycles. The number of hydrogen-bond acceptors (Lipinski definition) is 4. The van der Waals surface area contributed by atoms with Gasteiger partial charge < -0.3 is 10.5 Å². The third-order valence-corrected chi connectivity index (χ3v) is 5.30. The molecule has 2 aromatic rings. The van der Waals surface area contributed by atoms with E-state index in [0.717, 1.165) is 37.7 Å². The van der Waals surface area contributed by atoms with Crippen molar-refractivity contribution < 1.29 is 9.53 Å². The van der Waals surface area contributed by atoms with Crippen LogP contribution >= 0.6 is 0 Å². The highest BCUT2D eigenvalue weighted by atomic mass is 16.5. The number of pyridine rings is 1. The molecule has 4 rings (SSSR count). The van der Waals surface area contributed by atoms with Crippen LogP contribution in [0, 0.1) is 0 Å². The lowest BCUT2D eigenvalue weighted by atomic mass is 9.91. The summed E-state index contributed by atoms with van der Waals surface area (Å²) in [6, 6.07) is 12.1. The summed E-state index contributed by atoms with van der Waals surface area (Å²) in [7, 11) is 0. The number of nitrogens with zero attached hydrogens (tertiary/aromatic N) is 2. The highest BCUT2D eigenvalue weighted by Crippen LogP contribution is 2.29. The van der Waals surface area contributed by atoms with Gasteiger partial charge in [0.15, 0.2) is 0 Å². The van der Waals surface area contributed by atoms with Crippen molar-refractivity contribution in [2.24, 2.45) is 5.73 Å². The monoisotopic (exact) mass is 337 g/mol. The molecule has 1 saturated carbocycles. The van der Waals surface area contributed by atoms with Crippen molar-refractivity contribution in [1.29, 1.82) is 0 Å². The number of aromatic nitrogens is 1. The predicted molar refractivity (Wildman–Crippen MR) is 95.9 cm³/mol. The molecule has 2 heterocycles. The Labute approximate surface area is 147 Å². The fourth-order valence-electron chi connectivity index (χ4n) is 3.63. The third kappa shape index (κ3) is 3.51. The average Bonchev–Trinajstić information content (AvgIpc) is 2.76. The Balaban J connectivity index is 1.49. The maximum absolute atomic E-state index is 11.3. The van der Waals surface area contributed by atoms with Crippen molar-refractivity contribution in [2.75, 3.05) is 13.1 Å². The van der Waals surface area contributed by atoms with Gasteiger partial charge in [-0.2, -0.15) is 0 Å². The first-order chi connectivity index (χ1) is 12.2. The molecule has 0 radical (unpaired) electrons. The van der Waals surface area contributed by atoms with E-state index in [9.17, 15) is 4.79 Å². The lowest BCUT2D eigenvalue weighted by Crippen LogP contribution is -2.41. The van der Waals surface area contributed by atoms with Crippen molar-refractivity contribution >= 4 is 5.91 Å². The van der Waals surface area contributed by atoms with Gasteiger partial charge in [0.2, 0.25) is 5.88 Å². The van der Waals surface area contributed by atoms with Crippen LogP contribution in [-0.2, 0) is 12.8 Å². The Morgan fingerprint density at radius 1 is 1.12 bits per heavy atom. The van der Waals surface area contributed by atoms with E-state index in [1.54, 1.807) is 18.2 Å². The predicted octanol–water partition coefficient (Wildman–Crippen LogP) is 2.93. The van der Waals surface area contributed by atoms with Crippen molar-refractivity contribution in [3.05, 3.63) is 53.2 Å². The van der Waals surface area contributed by atoms with Gasteiger partial charge in [0.1, 0.15) is 11.4 Å². The van der Waals surface area contributed by atoms with Crippen LogP contribution in [-0.4, -0.2) is 34.9 Å². The molecule has 2 N–H and O–H groups in total. The van der Waals surface area contributed by atoms with Crippen LogP contribution in [0.15, 0.2) is 36.4 Å². The summed E-state index contributed by atoms with van der Waals surface area (Å²) in [4.78, 5) is 18.0. The molecule has 1 aliphatic carbocycles. The Hall–Kier alpha value is -2.40. The number of hydrogen-bond donors (Lipinski definition) is 1. The highest BCUT2D eigenvalue weighted by Gasteiger charge is 2.26. The van der Waals surface area contributed by atoms with Gasteiger partial charge >= 0.3 is 0 Å². The van der Waals surface area contributed by atoms with Gasteiger partial charge in [0.05, 0.1) is 0 Å². The van der Waals surface area contributed by atoms with Crippen LogP contribution in [0.4, 0.5) is 0 Å². The third-order valence-electron chi connectivity index (χ3n) is 5.30. The van der Waals surface area contributed by atoms with Gasteiger partial charge in [-0.3, -0.25) is 9.69 Å². The van der Waals surface area contributed by atoms with Crippen molar-refractivity contribution in [3.8, 4) is 11.6 Å². The van der Waals surface area contributed by atoms with Gasteiger partial charge in [0, 0.05) is 25.2 Å². The molecule has 0 saturated heterocycles. The Bertz CT molecular complexity index is 786. The Morgan fingerprint density at radius 2 is 1.92 bits per heavy atom. The molecule has 1 fully saturated rings. The summed E-state index contributed by atoms with van der Waals surface area (Å²) in [5.74, 6) is 0.592. The zero-order valence-electron chi connectivity index (χ0n) is 14.3. The van der Waals surface area contributed by atoms with Gasteiger partial charge in [-0.05, 0) is 55.0 Å². The number of rotatable bonds is 4. The van der Waals surface area contributed by atoms with Gasteiger partial charge in [-0.1, -0.05) is 18.6 Å². The van der Waals surface area contributed by atoms with Crippen LogP contribution in [0.2, 0.25) is 0 Å². The maximum Gasteiger partial charge on any atom is 0.267 e. The topological polar surface area (TPSA) is 68.5 Å². The number of ether oxygens (including phenoxy) is 1. The van der Waals surface area contributed by atoms with Crippen LogP contribution < -0.4 is 10.5 Å². The molecule has 0 bridgehead atoms. The van der Waals surface area contributed by atoms with E-state index >= 15 is 0 Å². The van der Waals surface area contributed by atoms with E-state index in [4.69, 9.17) is 10.5 Å². The first kappa shape index (κ1) is 16.1. The van der Waals surface area contributed by atoms with Crippen molar-refractivity contribution in [1.82, 2.24) is 9.88 Å². The summed E-state index contributed by atoms with van der Waals surface area (Å²) in [5, 5.41) is 0. The van der Waals surface area contributed by atoms with E-state index in [1.165, 1.54) is 30.4 Å². The number of fused-ring (bicyclic) bond motifs is 1. The summed E-state index contributed by atoms with van der Waals surface area (Å²) in [6.45, 7) is 2.27. The molecule has 1 aromatic heterocycles. The molecule has 1 amide bonds. The first-order valence-electron chi connectivity index (χ1n) is 8.99. The lowest BCUT2D eigenvalue weighted by molar-refractivity contribution is 0.0995. The largest absolute Gasteiger partial charge is 0.439 e. The first-order valence-corrected chi connectivity index (χ1v) is 8.99. The molecule has 0 spiro atoms. The number of carbonyl (C=O) groups is 1. The number of amides is 1. The van der Waals surface area contributed by atoms with E-state index < -0.39 is 5.91 Å². The van der Waals surface area contributed by atoms with E-state index in [-0.39, 0.29) is 5.69 Å². The molecular formula is C20H23N3O2. The van der Waals surface area contributed by atoms with Crippen LogP contribution in [0.5, 0.6) is 11.6 Å². The standard InChI is InChI=1S/C20H23N3O2/c21-20(24)18-5-2-6-19(22-18)25-17-8-7-14-9-11-23(16-3-1-4-16)12-10-15(14)13-17/h2,5-8,13,16H,1,3-4,9-12H2,(H2,21,24). The fourth-order valence-corrected chi connectivity index (χ4v) is 3.63. The zero-order valence-corrected chi connectivity index (χ0v) is 14.3. The molecule has 5 heteroatoms. The summed E-state index contributed by atoms with van der Waals surface area (Å²) >= 11 is 0. The van der Waals surface area contributed by atoms with E-state index in [2.05, 4.69) is 22.0 Å². The van der Waals surface area contributed by atoms with E-state index in [1.807, 2.05) is 6.07 Å². The zero-order chi connectivity index (χ0) is 17.2. The Kier molecular flexibility index (Phi) is 4.40. The van der Waals surface area contributed by atoms with E-state index in [0.29, 0.717) is 5.88 Å². The van der Waals surface area contributed by atoms with Crippen LogP contribution in [0.1, 0.15) is 40.9 Å². The molecule has 130 valence electrons. The molecule has 25 heavy (non-hydrogen) atoms. The molecular weight excluding hydrogens is 314 g/mol. The summed E-state index contributed by atoms with van der Waals surface area (Å²) in [5.41, 5.74) is 8.25. The lowest BCUT2D eigenvalue weighted by Gasteiger charge is -2.36. The number of carbonyl (C=O) groups excluding carboxylic acids is 1. The minimum absolute atomic E-state index is 0.211. The Morgan fingerprint density at radius 3 is 2.64 bits per heavy atom. The molecule has 0 atom stereocenters. The number of benzene rings is 1. The summed E-state index contributed by atoms with van der Waals surface area (Å²) in [6.07, 6.45) is 6.24.